The van der Waals surface area contributed by atoms with Crippen LogP contribution in [0.15, 0.2) is 0 Å². The Morgan fingerprint density at radius 1 is 1.31 bits per heavy atom. The van der Waals surface area contributed by atoms with Crippen LogP contribution in [0, 0.1) is 5.41 Å². The van der Waals surface area contributed by atoms with Crippen molar-refractivity contribution in [2.75, 3.05) is 18.6 Å². The number of unbranched alkanes of at least 4 members (excludes halogenated alkanes) is 3. The molecule has 0 aromatic heterocycles. The lowest BCUT2D eigenvalue weighted by Crippen LogP contribution is -2.13. The number of thioether (sulfide) groups is 1. The molecule has 0 radical (unpaired) electrons. The zero-order valence-electron chi connectivity index (χ0n) is 10.6. The summed E-state index contributed by atoms with van der Waals surface area (Å²) in [4.78, 5) is 11.2. The smallest absolute Gasteiger partial charge is 0.306 e. The molecule has 0 unspecified atom stereocenters. The predicted octanol–water partition coefficient (Wildman–Crippen LogP) is 3.64. The lowest BCUT2D eigenvalue weighted by Gasteiger charge is -2.12. The van der Waals surface area contributed by atoms with Crippen LogP contribution in [-0.4, -0.2) is 24.6 Å². The molecule has 1 fully saturated rings. The summed E-state index contributed by atoms with van der Waals surface area (Å²) < 4.78 is 4.74. The number of hydrogen-bond donors (Lipinski definition) is 0. The third kappa shape index (κ3) is 5.24. The largest absolute Gasteiger partial charge is 0.469 e. The second-order valence-corrected chi connectivity index (χ2v) is 5.97. The Morgan fingerprint density at radius 3 is 2.62 bits per heavy atom. The van der Waals surface area contributed by atoms with Crippen LogP contribution >= 0.6 is 11.8 Å². The molecule has 0 atom stereocenters. The van der Waals surface area contributed by atoms with Crippen molar-refractivity contribution in [3.63, 3.8) is 0 Å². The molecule has 0 bridgehead atoms. The van der Waals surface area contributed by atoms with Crippen LogP contribution in [0.2, 0.25) is 0 Å². The monoisotopic (exact) mass is 244 g/mol. The van der Waals surface area contributed by atoms with E-state index in [0.717, 1.165) is 5.75 Å². The Bertz CT molecular complexity index is 212. The molecule has 0 heterocycles. The Hall–Kier alpha value is -0.180. The van der Waals surface area contributed by atoms with E-state index < -0.39 is 0 Å². The van der Waals surface area contributed by atoms with Crippen LogP contribution in [0.3, 0.4) is 0 Å². The summed E-state index contributed by atoms with van der Waals surface area (Å²) in [5, 5.41) is 0. The highest BCUT2D eigenvalue weighted by Crippen LogP contribution is 2.51. The first-order valence-electron chi connectivity index (χ1n) is 6.37. The molecular weight excluding hydrogens is 220 g/mol. The van der Waals surface area contributed by atoms with Gasteiger partial charge in [-0.3, -0.25) is 4.79 Å². The van der Waals surface area contributed by atoms with E-state index in [-0.39, 0.29) is 5.97 Å². The van der Waals surface area contributed by atoms with Crippen LogP contribution in [0.5, 0.6) is 0 Å². The van der Waals surface area contributed by atoms with Gasteiger partial charge >= 0.3 is 5.97 Å². The molecule has 0 aliphatic heterocycles. The number of carbonyl (C=O) groups excluding carboxylic acids is 1. The van der Waals surface area contributed by atoms with E-state index >= 15 is 0 Å². The van der Waals surface area contributed by atoms with Gasteiger partial charge in [-0.1, -0.05) is 26.2 Å². The summed E-state index contributed by atoms with van der Waals surface area (Å²) in [7, 11) is 1.48. The van der Waals surface area contributed by atoms with E-state index in [9.17, 15) is 4.79 Å². The minimum Gasteiger partial charge on any atom is -0.469 e. The molecule has 16 heavy (non-hydrogen) atoms. The maximum absolute atomic E-state index is 11.2. The molecule has 0 spiro atoms. The average molecular weight is 244 g/mol. The highest BCUT2D eigenvalue weighted by molar-refractivity contribution is 7.99. The summed E-state index contributed by atoms with van der Waals surface area (Å²) in [5.74, 6) is 2.36. The standard InChI is InChI=1S/C13H24O2S/c1-3-4-5-6-9-16-11-13(7-8-13)10-12(14)15-2/h3-11H2,1-2H3. The van der Waals surface area contributed by atoms with Gasteiger partial charge in [0, 0.05) is 0 Å². The number of methoxy groups -OCH3 is 1. The Labute approximate surface area is 104 Å². The van der Waals surface area contributed by atoms with E-state index in [1.165, 1.54) is 51.4 Å². The lowest BCUT2D eigenvalue weighted by atomic mass is 10.1. The summed E-state index contributed by atoms with van der Waals surface area (Å²) in [6.45, 7) is 2.24. The third-order valence-corrected chi connectivity index (χ3v) is 4.65. The maximum Gasteiger partial charge on any atom is 0.306 e. The molecule has 0 amide bonds. The first-order chi connectivity index (χ1) is 7.72. The highest BCUT2D eigenvalue weighted by Gasteiger charge is 2.44. The van der Waals surface area contributed by atoms with Gasteiger partial charge in [-0.2, -0.15) is 11.8 Å². The number of hydrogen-bond acceptors (Lipinski definition) is 3. The van der Waals surface area contributed by atoms with E-state index in [2.05, 4.69) is 6.92 Å². The second-order valence-electron chi connectivity index (χ2n) is 4.87. The molecule has 0 aromatic carbocycles. The van der Waals surface area contributed by atoms with Gasteiger partial charge in [-0.05, 0) is 36.2 Å². The molecule has 94 valence electrons. The van der Waals surface area contributed by atoms with Crippen molar-refractivity contribution in [3.05, 3.63) is 0 Å². The van der Waals surface area contributed by atoms with Crippen LogP contribution in [-0.2, 0) is 9.53 Å². The van der Waals surface area contributed by atoms with Gasteiger partial charge in [0.2, 0.25) is 0 Å². The van der Waals surface area contributed by atoms with Crippen molar-refractivity contribution < 1.29 is 9.53 Å². The minimum atomic E-state index is -0.0379. The molecule has 1 aliphatic rings. The fraction of sp³-hybridized carbons (Fsp3) is 0.923. The van der Waals surface area contributed by atoms with Gasteiger partial charge in [-0.25, -0.2) is 0 Å². The first kappa shape index (κ1) is 13.9. The third-order valence-electron chi connectivity index (χ3n) is 3.25. The van der Waals surface area contributed by atoms with Crippen molar-refractivity contribution >= 4 is 17.7 Å². The lowest BCUT2D eigenvalue weighted by molar-refractivity contribution is -0.141. The molecule has 0 N–H and O–H groups in total. The topological polar surface area (TPSA) is 26.3 Å². The zero-order chi connectivity index (χ0) is 11.9. The summed E-state index contributed by atoms with van der Waals surface area (Å²) in [5.41, 5.74) is 0.308. The normalized spacial score (nSPS) is 17.1. The van der Waals surface area contributed by atoms with Crippen molar-refractivity contribution in [3.8, 4) is 0 Å². The second kappa shape index (κ2) is 7.21. The number of carbonyl (C=O) groups is 1. The fourth-order valence-electron chi connectivity index (χ4n) is 1.85. The van der Waals surface area contributed by atoms with Gasteiger partial charge in [0.15, 0.2) is 0 Å². The van der Waals surface area contributed by atoms with Crippen LogP contribution in [0.25, 0.3) is 0 Å². The van der Waals surface area contributed by atoms with Crippen molar-refractivity contribution in [2.45, 2.75) is 51.9 Å². The molecule has 0 saturated heterocycles. The van der Waals surface area contributed by atoms with E-state index in [4.69, 9.17) is 4.74 Å². The van der Waals surface area contributed by atoms with Crippen LogP contribution < -0.4 is 0 Å². The molecule has 1 aliphatic carbocycles. The fourth-order valence-corrected chi connectivity index (χ4v) is 3.22. The highest BCUT2D eigenvalue weighted by atomic mass is 32.2. The maximum atomic E-state index is 11.2. The predicted molar refractivity (Wildman–Crippen MR) is 69.8 cm³/mol. The molecule has 0 aromatic rings. The van der Waals surface area contributed by atoms with Gasteiger partial charge in [0.25, 0.3) is 0 Å². The van der Waals surface area contributed by atoms with E-state index in [1.807, 2.05) is 11.8 Å². The SMILES string of the molecule is CCCCCCSCC1(CC(=O)OC)CC1. The van der Waals surface area contributed by atoms with Crippen molar-refractivity contribution in [2.24, 2.45) is 5.41 Å². The van der Waals surface area contributed by atoms with Crippen LogP contribution in [0.4, 0.5) is 0 Å². The van der Waals surface area contributed by atoms with Gasteiger partial charge < -0.3 is 4.74 Å². The molecular formula is C13H24O2S. The van der Waals surface area contributed by atoms with Crippen LogP contribution in [0.1, 0.15) is 51.9 Å². The van der Waals surface area contributed by atoms with Crippen molar-refractivity contribution in [1.82, 2.24) is 0 Å². The summed E-state index contributed by atoms with van der Waals surface area (Å²) in [6.07, 6.45) is 8.39. The van der Waals surface area contributed by atoms with Gasteiger partial charge in [0.1, 0.15) is 0 Å². The molecule has 3 heteroatoms. The number of ether oxygens (including phenoxy) is 1. The summed E-state index contributed by atoms with van der Waals surface area (Å²) >= 11 is 2.02. The number of esters is 1. The summed E-state index contributed by atoms with van der Waals surface area (Å²) in [6, 6.07) is 0. The Balaban J connectivity index is 2.01. The number of rotatable bonds is 9. The zero-order valence-corrected chi connectivity index (χ0v) is 11.4. The van der Waals surface area contributed by atoms with Crippen molar-refractivity contribution in [1.29, 1.82) is 0 Å². The van der Waals surface area contributed by atoms with Gasteiger partial charge in [0.05, 0.1) is 13.5 Å². The Morgan fingerprint density at radius 2 is 2.06 bits per heavy atom. The first-order valence-corrected chi connectivity index (χ1v) is 7.52. The Kier molecular flexibility index (Phi) is 6.25. The molecule has 1 rings (SSSR count). The van der Waals surface area contributed by atoms with E-state index in [1.54, 1.807) is 0 Å². The van der Waals surface area contributed by atoms with Gasteiger partial charge in [-0.15, -0.1) is 0 Å². The average Bonchev–Trinajstić information content (AvgIpc) is 3.03. The molecule has 2 nitrogen and oxygen atoms in total. The molecule has 1 saturated carbocycles. The quantitative estimate of drug-likeness (QED) is 0.457. The minimum absolute atomic E-state index is 0.0379. The van der Waals surface area contributed by atoms with E-state index in [0.29, 0.717) is 11.8 Å².